The van der Waals surface area contributed by atoms with Crippen LogP contribution in [-0.2, 0) is 16.0 Å². The van der Waals surface area contributed by atoms with Crippen molar-refractivity contribution in [2.45, 2.75) is 32.2 Å². The van der Waals surface area contributed by atoms with Gasteiger partial charge >= 0.3 is 5.97 Å². The average Bonchev–Trinajstić information content (AvgIpc) is 2.87. The predicted molar refractivity (Wildman–Crippen MR) is 63.8 cm³/mol. The number of anilines is 1. The summed E-state index contributed by atoms with van der Waals surface area (Å²) in [5.74, 6) is -0.575. The first-order valence-electron chi connectivity index (χ1n) is 6.02. The van der Waals surface area contributed by atoms with Crippen molar-refractivity contribution in [1.82, 2.24) is 9.97 Å². The molecule has 0 N–H and O–H groups in total. The van der Waals surface area contributed by atoms with E-state index in [4.69, 9.17) is 4.74 Å². The van der Waals surface area contributed by atoms with Crippen molar-refractivity contribution in [2.75, 3.05) is 18.6 Å². The van der Waals surface area contributed by atoms with Crippen molar-refractivity contribution in [3.63, 3.8) is 0 Å². The lowest BCUT2D eigenvalue weighted by atomic mass is 10.2. The van der Waals surface area contributed by atoms with Crippen LogP contribution in [0.4, 0.5) is 10.2 Å². The predicted octanol–water partition coefficient (Wildman–Crippen LogP) is 1.32. The molecule has 0 spiro atoms. The fourth-order valence-electron chi connectivity index (χ4n) is 2.24. The van der Waals surface area contributed by atoms with Crippen LogP contribution in [0, 0.1) is 5.82 Å². The minimum atomic E-state index is -0.441. The van der Waals surface area contributed by atoms with Crippen LogP contribution in [0.25, 0.3) is 0 Å². The topological polar surface area (TPSA) is 55.3 Å². The van der Waals surface area contributed by atoms with Crippen LogP contribution in [0.3, 0.4) is 0 Å². The van der Waals surface area contributed by atoms with Crippen molar-refractivity contribution >= 4 is 11.8 Å². The quantitative estimate of drug-likeness (QED) is 0.760. The second-order valence-electron chi connectivity index (χ2n) is 4.19. The summed E-state index contributed by atoms with van der Waals surface area (Å²) in [4.78, 5) is 21.2. The molecule has 1 aromatic rings. The van der Waals surface area contributed by atoms with Gasteiger partial charge in [-0.15, -0.1) is 0 Å². The maximum atomic E-state index is 14.1. The average molecular weight is 253 g/mol. The third-order valence-corrected chi connectivity index (χ3v) is 3.18. The number of hydrogen-bond donors (Lipinski definition) is 0. The van der Waals surface area contributed by atoms with E-state index < -0.39 is 11.9 Å². The molecule has 0 unspecified atom stereocenters. The third kappa shape index (κ3) is 2.14. The van der Waals surface area contributed by atoms with Gasteiger partial charge in [0.05, 0.1) is 12.8 Å². The first-order chi connectivity index (χ1) is 8.69. The summed E-state index contributed by atoms with van der Waals surface area (Å²) in [6.45, 7) is 2.44. The molecule has 0 aromatic carbocycles. The van der Waals surface area contributed by atoms with E-state index in [1.165, 1.54) is 13.4 Å². The number of aryl methyl sites for hydroxylation is 1. The van der Waals surface area contributed by atoms with E-state index in [1.54, 1.807) is 4.90 Å². The maximum Gasteiger partial charge on any atom is 0.328 e. The van der Waals surface area contributed by atoms with Gasteiger partial charge < -0.3 is 9.64 Å². The Morgan fingerprint density at radius 3 is 3.06 bits per heavy atom. The van der Waals surface area contributed by atoms with Gasteiger partial charge in [0.15, 0.2) is 11.6 Å². The van der Waals surface area contributed by atoms with Crippen LogP contribution in [0.1, 0.15) is 25.5 Å². The van der Waals surface area contributed by atoms with Crippen molar-refractivity contribution < 1.29 is 13.9 Å². The summed E-state index contributed by atoms with van der Waals surface area (Å²) >= 11 is 0. The number of rotatable bonds is 3. The molecule has 1 aromatic heterocycles. The molecule has 2 heterocycles. The molecular formula is C12H16FN3O2. The van der Waals surface area contributed by atoms with Gasteiger partial charge in [-0.05, 0) is 19.3 Å². The first kappa shape index (κ1) is 12.7. The zero-order chi connectivity index (χ0) is 13.1. The Morgan fingerprint density at radius 2 is 2.39 bits per heavy atom. The van der Waals surface area contributed by atoms with E-state index in [9.17, 15) is 9.18 Å². The smallest absolute Gasteiger partial charge is 0.328 e. The number of esters is 1. The Hall–Kier alpha value is -1.72. The Kier molecular flexibility index (Phi) is 3.74. The fraction of sp³-hybridized carbons (Fsp3) is 0.583. The second kappa shape index (κ2) is 5.29. The molecule has 6 heteroatoms. The molecule has 1 aliphatic rings. The van der Waals surface area contributed by atoms with E-state index in [2.05, 4.69) is 9.97 Å². The molecule has 0 saturated carbocycles. The first-order valence-corrected chi connectivity index (χ1v) is 6.02. The highest BCUT2D eigenvalue weighted by Gasteiger charge is 2.34. The van der Waals surface area contributed by atoms with Crippen molar-refractivity contribution in [3.8, 4) is 0 Å². The molecule has 1 atom stereocenters. The lowest BCUT2D eigenvalue weighted by molar-refractivity contribution is -0.141. The monoisotopic (exact) mass is 253 g/mol. The summed E-state index contributed by atoms with van der Waals surface area (Å²) in [5, 5.41) is 0. The molecule has 1 aliphatic heterocycles. The molecule has 5 nitrogen and oxygen atoms in total. The summed E-state index contributed by atoms with van der Waals surface area (Å²) in [6.07, 6.45) is 3.32. The summed E-state index contributed by atoms with van der Waals surface area (Å²) in [6, 6.07) is -0.441. The van der Waals surface area contributed by atoms with Gasteiger partial charge in [-0.25, -0.2) is 19.2 Å². The Bertz CT molecular complexity index is 453. The van der Waals surface area contributed by atoms with Crippen molar-refractivity contribution in [3.05, 3.63) is 17.8 Å². The van der Waals surface area contributed by atoms with Gasteiger partial charge in [0, 0.05) is 6.54 Å². The van der Waals surface area contributed by atoms with Crippen LogP contribution < -0.4 is 4.90 Å². The van der Waals surface area contributed by atoms with E-state index in [0.717, 1.165) is 6.42 Å². The minimum absolute atomic E-state index is 0.203. The van der Waals surface area contributed by atoms with E-state index >= 15 is 0 Å². The highest BCUT2D eigenvalue weighted by atomic mass is 19.1. The molecule has 0 bridgehead atoms. The molecule has 1 saturated heterocycles. The minimum Gasteiger partial charge on any atom is -0.467 e. The number of halogens is 1. The van der Waals surface area contributed by atoms with Crippen LogP contribution in [0.2, 0.25) is 0 Å². The Labute approximate surface area is 105 Å². The largest absolute Gasteiger partial charge is 0.467 e. The summed E-state index contributed by atoms with van der Waals surface area (Å²) < 4.78 is 18.9. The standard InChI is InChI=1S/C12H16FN3O2/c1-3-8-10(13)11(15-7-14-8)16-6-4-5-9(16)12(17)18-2/h7,9H,3-6H2,1-2H3/t9-/m1/s1. The molecule has 0 aliphatic carbocycles. The zero-order valence-corrected chi connectivity index (χ0v) is 10.5. The number of hydrogen-bond acceptors (Lipinski definition) is 5. The third-order valence-electron chi connectivity index (χ3n) is 3.18. The van der Waals surface area contributed by atoms with Gasteiger partial charge in [-0.2, -0.15) is 0 Å². The number of ether oxygens (including phenoxy) is 1. The van der Waals surface area contributed by atoms with Crippen molar-refractivity contribution in [1.29, 1.82) is 0 Å². The number of aromatic nitrogens is 2. The van der Waals surface area contributed by atoms with Crippen LogP contribution in [0.5, 0.6) is 0 Å². The second-order valence-corrected chi connectivity index (χ2v) is 4.19. The SMILES string of the molecule is CCc1ncnc(N2CCC[C@@H]2C(=O)OC)c1F. The van der Waals surface area contributed by atoms with Gasteiger partial charge in [-0.1, -0.05) is 6.92 Å². The molecule has 2 rings (SSSR count). The van der Waals surface area contributed by atoms with Gasteiger partial charge in [0.25, 0.3) is 0 Å². The molecule has 0 radical (unpaired) electrons. The van der Waals surface area contributed by atoms with E-state index in [1.807, 2.05) is 6.92 Å². The van der Waals surface area contributed by atoms with Gasteiger partial charge in [0.2, 0.25) is 0 Å². The molecular weight excluding hydrogens is 237 g/mol. The highest BCUT2D eigenvalue weighted by Crippen LogP contribution is 2.27. The summed E-state index contributed by atoms with van der Waals surface area (Å²) in [5.41, 5.74) is 0.371. The number of carbonyl (C=O) groups excluding carboxylic acids is 1. The molecule has 1 fully saturated rings. The van der Waals surface area contributed by atoms with E-state index in [0.29, 0.717) is 25.1 Å². The molecule has 0 amide bonds. The lowest BCUT2D eigenvalue weighted by Gasteiger charge is -2.24. The normalized spacial score (nSPS) is 19.1. The van der Waals surface area contributed by atoms with Gasteiger partial charge in [-0.3, -0.25) is 0 Å². The lowest BCUT2D eigenvalue weighted by Crippen LogP contribution is -2.38. The summed E-state index contributed by atoms with van der Waals surface area (Å²) in [7, 11) is 1.34. The number of nitrogens with zero attached hydrogens (tertiary/aromatic N) is 3. The number of carbonyl (C=O) groups is 1. The van der Waals surface area contributed by atoms with Gasteiger partial charge in [0.1, 0.15) is 12.4 Å². The highest BCUT2D eigenvalue weighted by molar-refractivity contribution is 5.80. The maximum absolute atomic E-state index is 14.1. The van der Waals surface area contributed by atoms with Crippen LogP contribution in [-0.4, -0.2) is 35.6 Å². The van der Waals surface area contributed by atoms with Crippen LogP contribution in [0.15, 0.2) is 6.33 Å². The Balaban J connectivity index is 2.33. The fourth-order valence-corrected chi connectivity index (χ4v) is 2.24. The van der Waals surface area contributed by atoms with Crippen molar-refractivity contribution in [2.24, 2.45) is 0 Å². The van der Waals surface area contributed by atoms with Crippen LogP contribution >= 0.6 is 0 Å². The molecule has 98 valence electrons. The number of methoxy groups -OCH3 is 1. The zero-order valence-electron chi connectivity index (χ0n) is 10.5. The molecule has 18 heavy (non-hydrogen) atoms. The van der Waals surface area contributed by atoms with E-state index in [-0.39, 0.29) is 11.8 Å². The Morgan fingerprint density at radius 1 is 1.61 bits per heavy atom.